The molecule has 3 nitrogen and oxygen atoms in total. The van der Waals surface area contributed by atoms with Gasteiger partial charge in [-0.25, -0.2) is 5.92 Å². The molecule has 12 heteroatoms. The standard InChI is InChI=1S/C6F4N3P3.4C6H5.2Fe/c1-3-5-6-14(4-2)11-15(7,8)13-16(9,10)12-14;4*1-2-4-6-5-3-1;;/h;4*1-5H;;/q-2;4*-1;2*+3. The van der Waals surface area contributed by atoms with E-state index in [1.54, 1.807) is 5.92 Å². The first kappa shape index (κ1) is 41.1. The average Bonchev–Trinajstić information content (AvgIpc) is 2.99. The first-order valence-corrected chi connectivity index (χ1v) is 15.6. The van der Waals surface area contributed by atoms with Gasteiger partial charge in [0.2, 0.25) is 0 Å². The maximum absolute atomic E-state index is 12.8. The maximum Gasteiger partial charge on any atom is 3.00 e. The Morgan fingerprint density at radius 2 is 0.786 bits per heavy atom. The van der Waals surface area contributed by atoms with E-state index >= 15 is 0 Å². The Morgan fingerprint density at radius 1 is 0.476 bits per heavy atom. The van der Waals surface area contributed by atoms with Gasteiger partial charge in [0.1, 0.15) is 0 Å². The third kappa shape index (κ3) is 21.7. The van der Waals surface area contributed by atoms with Crippen LogP contribution < -0.4 is 0 Å². The summed E-state index contributed by atoms with van der Waals surface area (Å²) in [5.74, 6) is 3.26. The Balaban J connectivity index is 0. The molecule has 1 heterocycles. The number of hydrogen-bond donors (Lipinski definition) is 0. The van der Waals surface area contributed by atoms with E-state index in [4.69, 9.17) is 12.8 Å². The Bertz CT molecular complexity index is 1300. The van der Waals surface area contributed by atoms with Crippen molar-refractivity contribution in [3.05, 3.63) is 158 Å². The summed E-state index contributed by atoms with van der Waals surface area (Å²) >= 11 is 0. The van der Waals surface area contributed by atoms with Crippen molar-refractivity contribution in [3.63, 3.8) is 0 Å². The van der Waals surface area contributed by atoms with Gasteiger partial charge in [0.05, 0.1) is 0 Å². The van der Waals surface area contributed by atoms with Gasteiger partial charge in [-0.1, -0.05) is 0 Å². The van der Waals surface area contributed by atoms with Crippen LogP contribution in [-0.4, -0.2) is 0 Å². The van der Waals surface area contributed by atoms with Crippen LogP contribution in [0.5, 0.6) is 0 Å². The smallest absolute Gasteiger partial charge is 0.685 e. The number of rotatable bonds is 0. The van der Waals surface area contributed by atoms with Gasteiger partial charge in [-0.05, 0) is 0 Å². The maximum atomic E-state index is 12.8. The fourth-order valence-electron chi connectivity index (χ4n) is 2.09. The summed E-state index contributed by atoms with van der Waals surface area (Å²) in [6.45, 7) is 0. The van der Waals surface area contributed by atoms with Crippen LogP contribution in [0.4, 0.5) is 16.8 Å². The molecule has 4 aromatic rings. The van der Waals surface area contributed by atoms with Crippen LogP contribution in [-0.2, 0) is 34.1 Å². The van der Waals surface area contributed by atoms with Crippen LogP contribution in [0.25, 0.3) is 0 Å². The van der Waals surface area contributed by atoms with Crippen LogP contribution in [0.3, 0.4) is 0 Å². The van der Waals surface area contributed by atoms with E-state index in [1.165, 1.54) is 11.6 Å². The fourth-order valence-corrected chi connectivity index (χ4v) is 7.99. The van der Waals surface area contributed by atoms with E-state index in [1.807, 2.05) is 132 Å². The van der Waals surface area contributed by atoms with Gasteiger partial charge in [0.15, 0.2) is 7.21 Å². The van der Waals surface area contributed by atoms with E-state index < -0.39 is 22.9 Å². The molecule has 0 saturated carbocycles. The van der Waals surface area contributed by atoms with Crippen molar-refractivity contribution in [3.8, 4) is 23.2 Å². The van der Waals surface area contributed by atoms with Crippen LogP contribution in [0, 0.1) is 60.3 Å². The SMILES string of the molecule is [C-]#CC#CP1(C#[C-])=NP(F)(F)=NP(F)(F)=N1.[Fe+3].[Fe+3].[c-]1ccccc1.[c-]1ccccc1.[c-]1ccccc1.[c-]1ccccc1. The van der Waals surface area contributed by atoms with Crippen LogP contribution in [0.1, 0.15) is 0 Å². The predicted molar refractivity (Wildman–Crippen MR) is 156 cm³/mol. The molecule has 0 spiro atoms. The van der Waals surface area contributed by atoms with Gasteiger partial charge >= 0.3 is 49.8 Å². The normalized spacial score (nSPS) is 15.6. The van der Waals surface area contributed by atoms with Crippen molar-refractivity contribution >= 4 is 22.9 Å². The molecule has 214 valence electrons. The molecule has 0 aromatic heterocycles. The van der Waals surface area contributed by atoms with Gasteiger partial charge in [0.25, 0.3) is 0 Å². The van der Waals surface area contributed by atoms with Crippen LogP contribution >= 0.6 is 22.9 Å². The molecule has 0 saturated heterocycles. The number of hydrogen-bond acceptors (Lipinski definition) is 3. The third-order valence-electron chi connectivity index (χ3n) is 3.55. The summed E-state index contributed by atoms with van der Waals surface area (Å²) in [6.07, 6.45) is 13.1. The van der Waals surface area contributed by atoms with Crippen molar-refractivity contribution in [1.29, 1.82) is 0 Å². The Labute approximate surface area is 267 Å². The van der Waals surface area contributed by atoms with Crippen molar-refractivity contribution in [2.45, 2.75) is 0 Å². The Hall–Kier alpha value is -2.99. The van der Waals surface area contributed by atoms with Gasteiger partial charge in [-0.2, -0.15) is 155 Å². The second-order valence-corrected chi connectivity index (χ2v) is 12.2. The quantitative estimate of drug-likeness (QED) is 0.0575. The van der Waals surface area contributed by atoms with E-state index in [0.29, 0.717) is 0 Å². The minimum absolute atomic E-state index is 0. The molecule has 0 amide bonds. The summed E-state index contributed by atoms with van der Waals surface area (Å²) in [5.41, 5.74) is 3.24. The third-order valence-corrected chi connectivity index (χ3v) is 9.80. The van der Waals surface area contributed by atoms with Crippen molar-refractivity contribution < 1.29 is 50.9 Å². The molecule has 0 fully saturated rings. The molecule has 1 unspecified atom stereocenters. The molecule has 0 aliphatic carbocycles. The van der Waals surface area contributed by atoms with Gasteiger partial charge in [-0.3, -0.25) is 11.6 Å². The first-order chi connectivity index (χ1) is 19.2. The van der Waals surface area contributed by atoms with Crippen molar-refractivity contribution in [2.75, 3.05) is 0 Å². The minimum Gasteiger partial charge on any atom is -0.685 e. The largest absolute Gasteiger partial charge is 3.00 e. The molecule has 1 atom stereocenters. The number of benzene rings is 4. The van der Waals surface area contributed by atoms with Gasteiger partial charge < -0.3 is 12.8 Å². The summed E-state index contributed by atoms with van der Waals surface area (Å²) in [4.78, 5) is 0. The van der Waals surface area contributed by atoms with Crippen molar-refractivity contribution in [1.82, 2.24) is 0 Å². The Morgan fingerprint density at radius 3 is 0.976 bits per heavy atom. The zero-order valence-electron chi connectivity index (χ0n) is 21.4. The van der Waals surface area contributed by atoms with Crippen LogP contribution in [0.15, 0.2) is 135 Å². The molecule has 42 heavy (non-hydrogen) atoms. The molecule has 5 rings (SSSR count). The molecule has 0 bridgehead atoms. The molecule has 1 aliphatic rings. The monoisotopic (exact) mass is 703 g/mol. The first-order valence-electron chi connectivity index (χ1n) is 11.0. The molecular formula is C30H20F4Fe2N3P3. The summed E-state index contributed by atoms with van der Waals surface area (Å²) in [6, 6.07) is 50.0. The van der Waals surface area contributed by atoms with Gasteiger partial charge in [0, 0.05) is 0 Å². The molecule has 0 N–H and O–H groups in total. The van der Waals surface area contributed by atoms with E-state index in [-0.39, 0.29) is 34.1 Å². The van der Waals surface area contributed by atoms with E-state index in [9.17, 15) is 16.8 Å². The van der Waals surface area contributed by atoms with Crippen molar-refractivity contribution in [2.24, 2.45) is 13.5 Å². The zero-order chi connectivity index (χ0) is 29.4. The number of halogens is 4. The van der Waals surface area contributed by atoms with Gasteiger partial charge in [-0.15, -0.1) is 27.0 Å². The van der Waals surface area contributed by atoms with E-state index in [0.717, 1.165) is 0 Å². The summed E-state index contributed by atoms with van der Waals surface area (Å²) < 4.78 is 58.8. The number of nitrogens with zero attached hydrogens (tertiary/aromatic N) is 3. The zero-order valence-corrected chi connectivity index (χ0v) is 26.3. The molecule has 2 radical (unpaired) electrons. The minimum atomic E-state index is -5.51. The fraction of sp³-hybridized carbons (Fsp3) is 0. The molecule has 4 aromatic carbocycles. The summed E-state index contributed by atoms with van der Waals surface area (Å²) in [5, 5.41) is 0. The van der Waals surface area contributed by atoms with E-state index in [2.05, 4.69) is 33.3 Å². The average molecular weight is 703 g/mol. The second kappa shape index (κ2) is 24.6. The summed E-state index contributed by atoms with van der Waals surface area (Å²) in [7, 11) is -15.0. The second-order valence-electron chi connectivity index (χ2n) is 6.56. The molecular weight excluding hydrogens is 683 g/mol. The van der Waals surface area contributed by atoms with Crippen LogP contribution in [0.2, 0.25) is 0 Å². The topological polar surface area (TPSA) is 37.1 Å². The Kier molecular flexibility index (Phi) is 24.1. The predicted octanol–water partition coefficient (Wildman–Crippen LogP) is 10.9. The molecule has 1 aliphatic heterocycles.